The predicted molar refractivity (Wildman–Crippen MR) is 79.6 cm³/mol. The van der Waals surface area contributed by atoms with E-state index in [0.717, 1.165) is 11.3 Å². The van der Waals surface area contributed by atoms with E-state index in [0.29, 0.717) is 18.7 Å². The minimum Gasteiger partial charge on any atom is -0.497 e. The number of nitrogens with zero attached hydrogens (tertiary/aromatic N) is 1. The van der Waals surface area contributed by atoms with Crippen molar-refractivity contribution in [1.82, 2.24) is 4.90 Å². The van der Waals surface area contributed by atoms with Gasteiger partial charge in [-0.15, -0.1) is 0 Å². The summed E-state index contributed by atoms with van der Waals surface area (Å²) in [4.78, 5) is 25.2. The fourth-order valence-electron chi connectivity index (χ4n) is 2.90. The number of benzene rings is 1. The maximum Gasteiger partial charge on any atom is 0.334 e. The second-order valence-electron chi connectivity index (χ2n) is 5.67. The van der Waals surface area contributed by atoms with Crippen molar-refractivity contribution in [2.75, 3.05) is 33.4 Å². The van der Waals surface area contributed by atoms with Gasteiger partial charge in [-0.2, -0.15) is 0 Å². The molecule has 124 valence electrons. The van der Waals surface area contributed by atoms with Crippen LogP contribution < -0.4 is 9.47 Å². The number of fused-ring (bicyclic) bond motifs is 1. The maximum absolute atomic E-state index is 12.6. The molecule has 1 aromatic carbocycles. The van der Waals surface area contributed by atoms with Gasteiger partial charge in [0.15, 0.2) is 6.10 Å². The lowest BCUT2D eigenvalue weighted by molar-refractivity contribution is -0.160. The fraction of sp³-hybridized carbons (Fsp3) is 0.500. The summed E-state index contributed by atoms with van der Waals surface area (Å²) in [6, 6.07) is 5.54. The second kappa shape index (κ2) is 6.45. The van der Waals surface area contributed by atoms with E-state index in [9.17, 15) is 9.59 Å². The molecule has 7 nitrogen and oxygen atoms in total. The van der Waals surface area contributed by atoms with Gasteiger partial charge in [0.05, 0.1) is 26.2 Å². The molecule has 2 aliphatic heterocycles. The van der Waals surface area contributed by atoms with Crippen LogP contribution in [0, 0.1) is 5.92 Å². The monoisotopic (exact) mass is 321 g/mol. The van der Waals surface area contributed by atoms with E-state index in [-0.39, 0.29) is 31.6 Å². The molecule has 2 heterocycles. The molecule has 7 heteroatoms. The van der Waals surface area contributed by atoms with Crippen LogP contribution in [0.1, 0.15) is 5.56 Å². The topological polar surface area (TPSA) is 85.3 Å². The number of methoxy groups -OCH3 is 1. The van der Waals surface area contributed by atoms with E-state index in [2.05, 4.69) is 0 Å². The van der Waals surface area contributed by atoms with E-state index in [1.54, 1.807) is 12.0 Å². The van der Waals surface area contributed by atoms with Crippen LogP contribution in [0.2, 0.25) is 0 Å². The summed E-state index contributed by atoms with van der Waals surface area (Å²) >= 11 is 0. The first-order chi connectivity index (χ1) is 11.1. The molecule has 0 unspecified atom stereocenters. The molecule has 0 radical (unpaired) electrons. The van der Waals surface area contributed by atoms with Crippen molar-refractivity contribution < 1.29 is 28.9 Å². The van der Waals surface area contributed by atoms with Crippen molar-refractivity contribution in [3.63, 3.8) is 0 Å². The number of aliphatic carboxylic acids is 1. The van der Waals surface area contributed by atoms with Gasteiger partial charge in [0.2, 0.25) is 5.91 Å². The van der Waals surface area contributed by atoms with Crippen LogP contribution in [-0.2, 0) is 20.7 Å². The Kier molecular flexibility index (Phi) is 4.38. The highest BCUT2D eigenvalue weighted by atomic mass is 16.5. The van der Waals surface area contributed by atoms with Crippen LogP contribution in [0.4, 0.5) is 0 Å². The highest BCUT2D eigenvalue weighted by Gasteiger charge is 2.34. The summed E-state index contributed by atoms with van der Waals surface area (Å²) in [7, 11) is 1.59. The van der Waals surface area contributed by atoms with Crippen molar-refractivity contribution in [3.05, 3.63) is 23.8 Å². The quantitative estimate of drug-likeness (QED) is 0.875. The first-order valence-electron chi connectivity index (χ1n) is 7.51. The van der Waals surface area contributed by atoms with Gasteiger partial charge in [0, 0.05) is 12.6 Å². The fourth-order valence-corrected chi connectivity index (χ4v) is 2.90. The van der Waals surface area contributed by atoms with Crippen LogP contribution in [0.15, 0.2) is 18.2 Å². The molecule has 0 saturated carbocycles. The van der Waals surface area contributed by atoms with Gasteiger partial charge in [-0.25, -0.2) is 4.79 Å². The summed E-state index contributed by atoms with van der Waals surface area (Å²) in [6.07, 6.45) is -0.374. The molecule has 1 aromatic rings. The zero-order valence-corrected chi connectivity index (χ0v) is 12.9. The van der Waals surface area contributed by atoms with Gasteiger partial charge in [0.1, 0.15) is 18.1 Å². The summed E-state index contributed by atoms with van der Waals surface area (Å²) in [5, 5.41) is 9.03. The van der Waals surface area contributed by atoms with Gasteiger partial charge in [0.25, 0.3) is 0 Å². The Bertz CT molecular complexity index is 617. The van der Waals surface area contributed by atoms with Crippen molar-refractivity contribution >= 4 is 11.9 Å². The summed E-state index contributed by atoms with van der Waals surface area (Å²) in [6.45, 7) is 1.02. The minimum atomic E-state index is -1.04. The molecular weight excluding hydrogens is 302 g/mol. The third kappa shape index (κ3) is 3.24. The highest BCUT2D eigenvalue weighted by molar-refractivity contribution is 5.81. The lowest BCUT2D eigenvalue weighted by Crippen LogP contribution is -2.51. The molecule has 0 bridgehead atoms. The zero-order valence-electron chi connectivity index (χ0n) is 12.9. The number of amides is 1. The Labute approximate surface area is 133 Å². The number of carbonyl (C=O) groups excluding carboxylic acids is 1. The molecular formula is C16H19NO6. The smallest absolute Gasteiger partial charge is 0.334 e. The van der Waals surface area contributed by atoms with Crippen LogP contribution in [0.3, 0.4) is 0 Å². The molecule has 1 N–H and O–H groups in total. The predicted octanol–water partition coefficient (Wildman–Crippen LogP) is 0.558. The Morgan fingerprint density at radius 1 is 1.39 bits per heavy atom. The van der Waals surface area contributed by atoms with Crippen LogP contribution in [0.5, 0.6) is 11.5 Å². The third-order valence-corrected chi connectivity index (χ3v) is 4.18. The van der Waals surface area contributed by atoms with Gasteiger partial charge in [-0.3, -0.25) is 4.79 Å². The number of hydrogen-bond donors (Lipinski definition) is 1. The zero-order chi connectivity index (χ0) is 16.4. The molecule has 1 fully saturated rings. The number of rotatable bonds is 3. The number of ether oxygens (including phenoxy) is 3. The SMILES string of the molecule is COc1ccc2c(c1)OC[C@@H](C(=O)N1CCO[C@@H](C(=O)O)C1)C2. The Morgan fingerprint density at radius 2 is 2.22 bits per heavy atom. The molecule has 1 saturated heterocycles. The standard InChI is InChI=1S/C16H19NO6/c1-21-12-3-2-10-6-11(9-23-13(10)7-12)15(18)17-4-5-22-14(8-17)16(19)20/h2-3,7,11,14H,4-6,8-9H2,1H3,(H,19,20)/t11-,14+/m0/s1. The number of morpholine rings is 1. The van der Waals surface area contributed by atoms with Gasteiger partial charge in [-0.05, 0) is 18.1 Å². The second-order valence-corrected chi connectivity index (χ2v) is 5.67. The first-order valence-corrected chi connectivity index (χ1v) is 7.51. The lowest BCUT2D eigenvalue weighted by Gasteiger charge is -2.34. The summed E-state index contributed by atoms with van der Waals surface area (Å²) in [5.74, 6) is 0.0223. The van der Waals surface area contributed by atoms with E-state index in [1.165, 1.54) is 0 Å². The van der Waals surface area contributed by atoms with Crippen molar-refractivity contribution in [2.45, 2.75) is 12.5 Å². The first kappa shape index (κ1) is 15.6. The van der Waals surface area contributed by atoms with Crippen LogP contribution in [0.25, 0.3) is 0 Å². The van der Waals surface area contributed by atoms with E-state index in [4.69, 9.17) is 19.3 Å². The van der Waals surface area contributed by atoms with Crippen molar-refractivity contribution in [3.8, 4) is 11.5 Å². The maximum atomic E-state index is 12.6. The number of carboxylic acid groups (broad SMARTS) is 1. The molecule has 2 atom stereocenters. The largest absolute Gasteiger partial charge is 0.497 e. The van der Waals surface area contributed by atoms with Crippen molar-refractivity contribution in [2.24, 2.45) is 5.92 Å². The highest BCUT2D eigenvalue weighted by Crippen LogP contribution is 2.31. The average molecular weight is 321 g/mol. The normalized spacial score (nSPS) is 23.6. The van der Waals surface area contributed by atoms with Crippen molar-refractivity contribution in [1.29, 1.82) is 0 Å². The number of carbonyl (C=O) groups is 2. The Balaban J connectivity index is 1.68. The lowest BCUT2D eigenvalue weighted by atomic mass is 9.95. The molecule has 0 aromatic heterocycles. The molecule has 1 amide bonds. The molecule has 0 spiro atoms. The molecule has 23 heavy (non-hydrogen) atoms. The van der Waals surface area contributed by atoms with E-state index >= 15 is 0 Å². The Hall–Kier alpha value is -2.28. The Morgan fingerprint density at radius 3 is 2.96 bits per heavy atom. The van der Waals surface area contributed by atoms with E-state index < -0.39 is 12.1 Å². The summed E-state index contributed by atoms with van der Waals surface area (Å²) in [5.41, 5.74) is 0.957. The number of carboxylic acids is 1. The molecule has 0 aliphatic carbocycles. The number of hydrogen-bond acceptors (Lipinski definition) is 5. The molecule has 3 rings (SSSR count). The minimum absolute atomic E-state index is 0.0824. The third-order valence-electron chi connectivity index (χ3n) is 4.18. The average Bonchev–Trinajstić information content (AvgIpc) is 2.60. The van der Waals surface area contributed by atoms with Gasteiger partial charge < -0.3 is 24.2 Å². The van der Waals surface area contributed by atoms with Crippen LogP contribution in [-0.4, -0.2) is 61.4 Å². The van der Waals surface area contributed by atoms with Gasteiger partial charge in [-0.1, -0.05) is 6.07 Å². The molecule has 2 aliphatic rings. The van der Waals surface area contributed by atoms with Gasteiger partial charge >= 0.3 is 5.97 Å². The summed E-state index contributed by atoms with van der Waals surface area (Å²) < 4.78 is 16.0. The van der Waals surface area contributed by atoms with Crippen LogP contribution >= 0.6 is 0 Å². The van der Waals surface area contributed by atoms with E-state index in [1.807, 2.05) is 18.2 Å².